The molecular weight excluding hydrogens is 384 g/mol. The Labute approximate surface area is 186 Å². The Morgan fingerprint density at radius 1 is 1.23 bits per heavy atom. The van der Waals surface area contributed by atoms with Gasteiger partial charge in [-0.05, 0) is 73.9 Å². The van der Waals surface area contributed by atoms with Crippen LogP contribution in [0.1, 0.15) is 60.9 Å². The molecule has 1 aromatic heterocycles. The first kappa shape index (κ1) is 21.6. The van der Waals surface area contributed by atoms with Gasteiger partial charge < -0.3 is 14.2 Å². The molecule has 1 atom stereocenters. The summed E-state index contributed by atoms with van der Waals surface area (Å²) in [7, 11) is 0. The first-order chi connectivity index (χ1) is 15.1. The molecule has 1 aliphatic heterocycles. The summed E-state index contributed by atoms with van der Waals surface area (Å²) in [5.74, 6) is 0.810. The minimum atomic E-state index is 0.0964. The molecule has 4 rings (SSSR count). The van der Waals surface area contributed by atoms with Crippen molar-refractivity contribution in [3.63, 3.8) is 0 Å². The van der Waals surface area contributed by atoms with E-state index in [0.29, 0.717) is 32.2 Å². The number of hydrogen-bond acceptors (Lipinski definition) is 2. The molecule has 0 spiro atoms. The van der Waals surface area contributed by atoms with Crippen molar-refractivity contribution in [3.8, 4) is 5.69 Å². The van der Waals surface area contributed by atoms with Gasteiger partial charge in [-0.15, -0.1) is 0 Å². The maximum atomic E-state index is 13.1. The van der Waals surface area contributed by atoms with Crippen LogP contribution in [0.25, 0.3) is 11.3 Å². The highest BCUT2D eigenvalue weighted by Gasteiger charge is 2.24. The highest BCUT2D eigenvalue weighted by Crippen LogP contribution is 2.34. The molecule has 2 aliphatic rings. The van der Waals surface area contributed by atoms with Crippen molar-refractivity contribution < 1.29 is 9.53 Å². The van der Waals surface area contributed by atoms with Crippen LogP contribution in [0.3, 0.4) is 0 Å². The number of nitrogens with zero attached hydrogens (tertiary/aromatic N) is 2. The fourth-order valence-corrected chi connectivity index (χ4v) is 4.80. The Balaban J connectivity index is 1.80. The van der Waals surface area contributed by atoms with E-state index in [9.17, 15) is 4.79 Å². The molecule has 1 amide bonds. The average Bonchev–Trinajstić information content (AvgIpc) is 3.17. The van der Waals surface area contributed by atoms with Gasteiger partial charge in [-0.1, -0.05) is 38.1 Å². The largest absolute Gasteiger partial charge is 0.378 e. The van der Waals surface area contributed by atoms with Crippen LogP contribution in [0, 0.1) is 5.92 Å². The fourth-order valence-electron chi connectivity index (χ4n) is 4.80. The number of benzene rings is 1. The topological polar surface area (TPSA) is 34.5 Å². The number of allylic oxidation sites excluding steroid dienone is 4. The first-order valence-electron chi connectivity index (χ1n) is 11.7. The van der Waals surface area contributed by atoms with E-state index in [2.05, 4.69) is 61.8 Å². The smallest absolute Gasteiger partial charge is 0.254 e. The van der Waals surface area contributed by atoms with Gasteiger partial charge in [-0.25, -0.2) is 0 Å². The van der Waals surface area contributed by atoms with Crippen LogP contribution in [0.2, 0.25) is 0 Å². The Hall–Kier alpha value is -2.59. The van der Waals surface area contributed by atoms with Crippen molar-refractivity contribution in [3.05, 3.63) is 71.1 Å². The number of carbonyl (C=O) groups is 1. The standard InChI is InChI=1S/C27H34N2O2/c1-4-7-21(8-5-2)26-19-23-17-20(3)11-12-25(23)29(26)24-10-6-9-22(18-24)27(30)28-13-15-31-16-14-28/h4,6-10,18-20H,5,11-17H2,1-3H3/b7-4-,21-8+. The number of carbonyl (C=O) groups excluding carboxylic acids is 1. The molecular formula is C27H34N2O2. The summed E-state index contributed by atoms with van der Waals surface area (Å²) in [6, 6.07) is 10.5. The number of aromatic nitrogens is 1. The molecule has 0 radical (unpaired) electrons. The third-order valence-corrected chi connectivity index (χ3v) is 6.35. The molecule has 0 N–H and O–H groups in total. The van der Waals surface area contributed by atoms with Gasteiger partial charge in [-0.2, -0.15) is 0 Å². The summed E-state index contributed by atoms with van der Waals surface area (Å²) >= 11 is 0. The molecule has 1 saturated heterocycles. The number of fused-ring (bicyclic) bond motifs is 1. The monoisotopic (exact) mass is 418 g/mol. The predicted molar refractivity (Wildman–Crippen MR) is 127 cm³/mol. The van der Waals surface area contributed by atoms with Gasteiger partial charge in [0.1, 0.15) is 0 Å². The molecule has 0 saturated carbocycles. The molecule has 1 fully saturated rings. The van der Waals surface area contributed by atoms with E-state index in [1.807, 2.05) is 17.0 Å². The van der Waals surface area contributed by atoms with E-state index in [1.165, 1.54) is 28.9 Å². The van der Waals surface area contributed by atoms with Crippen LogP contribution < -0.4 is 0 Å². The van der Waals surface area contributed by atoms with Gasteiger partial charge >= 0.3 is 0 Å². The van der Waals surface area contributed by atoms with E-state index < -0.39 is 0 Å². The third kappa shape index (κ3) is 4.54. The van der Waals surface area contributed by atoms with Gasteiger partial charge in [-0.3, -0.25) is 4.79 Å². The Morgan fingerprint density at radius 2 is 2.03 bits per heavy atom. The van der Waals surface area contributed by atoms with Crippen molar-refractivity contribution in [1.82, 2.24) is 9.47 Å². The number of amides is 1. The van der Waals surface area contributed by atoms with E-state index in [-0.39, 0.29) is 5.91 Å². The lowest BCUT2D eigenvalue weighted by Gasteiger charge is -2.27. The predicted octanol–water partition coefficient (Wildman–Crippen LogP) is 5.44. The molecule has 2 aromatic rings. The maximum absolute atomic E-state index is 13.1. The summed E-state index contributed by atoms with van der Waals surface area (Å²) in [5, 5.41) is 0. The second-order valence-corrected chi connectivity index (χ2v) is 8.71. The highest BCUT2D eigenvalue weighted by atomic mass is 16.5. The molecule has 31 heavy (non-hydrogen) atoms. The van der Waals surface area contributed by atoms with Gasteiger partial charge in [0.05, 0.1) is 18.9 Å². The van der Waals surface area contributed by atoms with Crippen molar-refractivity contribution in [2.24, 2.45) is 5.92 Å². The zero-order valence-electron chi connectivity index (χ0n) is 19.1. The van der Waals surface area contributed by atoms with Crippen molar-refractivity contribution >= 4 is 11.5 Å². The molecule has 1 aromatic carbocycles. The second-order valence-electron chi connectivity index (χ2n) is 8.71. The summed E-state index contributed by atoms with van der Waals surface area (Å²) in [6.45, 7) is 9.16. The number of rotatable bonds is 5. The van der Waals surface area contributed by atoms with E-state index >= 15 is 0 Å². The molecule has 1 unspecified atom stereocenters. The zero-order valence-corrected chi connectivity index (χ0v) is 19.1. The molecule has 2 heterocycles. The van der Waals surface area contributed by atoms with Crippen molar-refractivity contribution in [2.45, 2.75) is 46.5 Å². The summed E-state index contributed by atoms with van der Waals surface area (Å²) in [5.41, 5.74) is 7.16. The molecule has 1 aliphatic carbocycles. The number of ether oxygens (including phenoxy) is 1. The average molecular weight is 419 g/mol. The summed E-state index contributed by atoms with van der Waals surface area (Å²) in [6.07, 6.45) is 11.0. The van der Waals surface area contributed by atoms with Gasteiger partial charge in [0.15, 0.2) is 0 Å². The van der Waals surface area contributed by atoms with Gasteiger partial charge in [0.2, 0.25) is 0 Å². The maximum Gasteiger partial charge on any atom is 0.254 e. The van der Waals surface area contributed by atoms with Crippen molar-refractivity contribution in [1.29, 1.82) is 0 Å². The van der Waals surface area contributed by atoms with Crippen LogP contribution in [0.4, 0.5) is 0 Å². The molecule has 4 nitrogen and oxygen atoms in total. The van der Waals surface area contributed by atoms with E-state index in [4.69, 9.17) is 4.74 Å². The van der Waals surface area contributed by atoms with Crippen molar-refractivity contribution in [2.75, 3.05) is 26.3 Å². The van der Waals surface area contributed by atoms with Crippen LogP contribution >= 0.6 is 0 Å². The quantitative estimate of drug-likeness (QED) is 0.606. The minimum Gasteiger partial charge on any atom is -0.378 e. The molecule has 0 bridgehead atoms. The van der Waals surface area contributed by atoms with Crippen LogP contribution in [-0.4, -0.2) is 41.7 Å². The Kier molecular flexibility index (Phi) is 6.77. The van der Waals surface area contributed by atoms with Gasteiger partial charge in [0.25, 0.3) is 5.91 Å². The lowest BCUT2D eigenvalue weighted by Crippen LogP contribution is -2.40. The second kappa shape index (κ2) is 9.69. The first-order valence-corrected chi connectivity index (χ1v) is 11.7. The molecule has 164 valence electrons. The molecule has 4 heteroatoms. The highest BCUT2D eigenvalue weighted by molar-refractivity contribution is 5.95. The van der Waals surface area contributed by atoms with Crippen LogP contribution in [-0.2, 0) is 17.6 Å². The van der Waals surface area contributed by atoms with Crippen LogP contribution in [0.5, 0.6) is 0 Å². The van der Waals surface area contributed by atoms with Gasteiger partial charge in [0, 0.05) is 30.0 Å². The van der Waals surface area contributed by atoms with E-state index in [1.54, 1.807) is 0 Å². The summed E-state index contributed by atoms with van der Waals surface area (Å²) < 4.78 is 7.82. The SMILES string of the molecule is C/C=C\C(=C/CC)c1cc2c(n1-c1cccc(C(=O)N3CCOCC3)c1)CCC(C)C2. The lowest BCUT2D eigenvalue weighted by molar-refractivity contribution is 0.0303. The van der Waals surface area contributed by atoms with Crippen LogP contribution in [0.15, 0.2) is 48.6 Å². The lowest BCUT2D eigenvalue weighted by atomic mass is 9.89. The Bertz CT molecular complexity index is 993. The normalized spacial score (nSPS) is 19.6. The minimum absolute atomic E-state index is 0.0964. The third-order valence-electron chi connectivity index (χ3n) is 6.35. The number of morpholine rings is 1. The van der Waals surface area contributed by atoms with E-state index in [0.717, 1.165) is 30.5 Å². The zero-order chi connectivity index (χ0) is 21.8. The fraction of sp³-hybridized carbons (Fsp3) is 0.444. The Morgan fingerprint density at radius 3 is 2.77 bits per heavy atom. The number of hydrogen-bond donors (Lipinski definition) is 0. The summed E-state index contributed by atoms with van der Waals surface area (Å²) in [4.78, 5) is 15.0.